The van der Waals surface area contributed by atoms with Crippen molar-refractivity contribution in [3.63, 3.8) is 0 Å². The summed E-state index contributed by atoms with van der Waals surface area (Å²) in [4.78, 5) is 6.68. The van der Waals surface area contributed by atoms with Gasteiger partial charge in [-0.3, -0.25) is 4.72 Å². The Hall–Kier alpha value is -1.39. The van der Waals surface area contributed by atoms with E-state index < -0.39 is 10.0 Å². The van der Waals surface area contributed by atoms with Crippen LogP contribution in [0.5, 0.6) is 0 Å². The molecule has 1 aromatic carbocycles. The van der Waals surface area contributed by atoms with Gasteiger partial charge in [-0.15, -0.1) is 0 Å². The number of rotatable bonds is 4. The summed E-state index contributed by atoms with van der Waals surface area (Å²) >= 11 is 2.13. The van der Waals surface area contributed by atoms with Gasteiger partial charge in [-0.1, -0.05) is 0 Å². The van der Waals surface area contributed by atoms with Gasteiger partial charge in [0.2, 0.25) is 0 Å². The summed E-state index contributed by atoms with van der Waals surface area (Å²) in [6.07, 6.45) is 1.54. The fraction of sp³-hybridized carbons (Fsp3) is 0.267. The van der Waals surface area contributed by atoms with E-state index in [9.17, 15) is 8.42 Å². The Morgan fingerprint density at radius 1 is 1.09 bits per heavy atom. The lowest BCUT2D eigenvalue weighted by Gasteiger charge is -2.27. The van der Waals surface area contributed by atoms with E-state index in [1.54, 1.807) is 30.3 Å². The Morgan fingerprint density at radius 3 is 2.39 bits per heavy atom. The monoisotopic (exact) mass is 445 g/mol. The maximum atomic E-state index is 12.3. The molecule has 6 nitrogen and oxygen atoms in total. The van der Waals surface area contributed by atoms with Crippen molar-refractivity contribution >= 4 is 44.1 Å². The molecule has 0 radical (unpaired) electrons. The van der Waals surface area contributed by atoms with Crippen LogP contribution in [0.3, 0.4) is 0 Å². The minimum absolute atomic E-state index is 0.232. The van der Waals surface area contributed by atoms with Gasteiger partial charge in [-0.2, -0.15) is 0 Å². The average molecular weight is 445 g/mol. The summed E-state index contributed by atoms with van der Waals surface area (Å²) in [7, 11) is -3.59. The van der Waals surface area contributed by atoms with Crippen LogP contribution in [0.15, 0.2) is 47.5 Å². The van der Waals surface area contributed by atoms with Crippen molar-refractivity contribution in [3.8, 4) is 0 Å². The summed E-state index contributed by atoms with van der Waals surface area (Å²) < 4.78 is 33.5. The molecule has 1 aromatic heterocycles. The molecule has 0 spiro atoms. The summed E-state index contributed by atoms with van der Waals surface area (Å²) in [6, 6.07) is 10.2. The van der Waals surface area contributed by atoms with E-state index in [1.165, 1.54) is 6.20 Å². The standard InChI is InChI=1S/C15H16IN3O3S/c16-12-1-4-14(5-2-12)23(20,21)18-13-3-6-15(17-11-13)19-7-9-22-10-8-19/h1-6,11,18H,7-10H2. The summed E-state index contributed by atoms with van der Waals surface area (Å²) in [5.74, 6) is 0.825. The summed E-state index contributed by atoms with van der Waals surface area (Å²) in [5, 5.41) is 0. The number of morpholine rings is 1. The minimum Gasteiger partial charge on any atom is -0.378 e. The van der Waals surface area contributed by atoms with E-state index in [-0.39, 0.29) is 4.90 Å². The van der Waals surface area contributed by atoms with Crippen molar-refractivity contribution < 1.29 is 13.2 Å². The Balaban J connectivity index is 1.73. The van der Waals surface area contributed by atoms with Crippen LogP contribution in [0.4, 0.5) is 11.5 Å². The Kier molecular flexibility index (Phi) is 5.02. The molecule has 2 heterocycles. The molecule has 3 rings (SSSR count). The fourth-order valence-electron chi connectivity index (χ4n) is 2.25. The lowest BCUT2D eigenvalue weighted by Crippen LogP contribution is -2.36. The van der Waals surface area contributed by atoms with Gasteiger partial charge >= 0.3 is 0 Å². The van der Waals surface area contributed by atoms with Gasteiger partial charge in [0, 0.05) is 16.7 Å². The van der Waals surface area contributed by atoms with Crippen LogP contribution in [0.25, 0.3) is 0 Å². The molecule has 0 saturated carbocycles. The van der Waals surface area contributed by atoms with Gasteiger partial charge in [-0.25, -0.2) is 13.4 Å². The smallest absolute Gasteiger partial charge is 0.261 e. The van der Waals surface area contributed by atoms with Crippen LogP contribution < -0.4 is 9.62 Å². The van der Waals surface area contributed by atoms with Gasteiger partial charge in [-0.05, 0) is 59.0 Å². The zero-order valence-electron chi connectivity index (χ0n) is 12.3. The van der Waals surface area contributed by atoms with Crippen LogP contribution in [0, 0.1) is 3.57 Å². The third kappa shape index (κ3) is 4.12. The number of halogens is 1. The Bertz CT molecular complexity index is 758. The number of hydrogen-bond acceptors (Lipinski definition) is 5. The first-order valence-electron chi connectivity index (χ1n) is 7.12. The molecule has 0 bridgehead atoms. The number of nitrogens with zero attached hydrogens (tertiary/aromatic N) is 2. The fourth-order valence-corrected chi connectivity index (χ4v) is 3.66. The lowest BCUT2D eigenvalue weighted by molar-refractivity contribution is 0.122. The van der Waals surface area contributed by atoms with Crippen molar-refractivity contribution in [2.45, 2.75) is 4.90 Å². The molecule has 1 aliphatic heterocycles. The quantitative estimate of drug-likeness (QED) is 0.732. The Labute approximate surface area is 149 Å². The molecule has 1 saturated heterocycles. The van der Waals surface area contributed by atoms with Gasteiger partial charge < -0.3 is 9.64 Å². The number of nitrogens with one attached hydrogen (secondary N) is 1. The zero-order chi connectivity index (χ0) is 16.3. The van der Waals surface area contributed by atoms with Crippen LogP contribution in [-0.2, 0) is 14.8 Å². The molecule has 1 N–H and O–H groups in total. The molecular formula is C15H16IN3O3S. The van der Waals surface area contributed by atoms with E-state index in [0.717, 1.165) is 22.5 Å². The van der Waals surface area contributed by atoms with Crippen molar-refractivity contribution in [2.24, 2.45) is 0 Å². The molecule has 1 aliphatic rings. The predicted octanol–water partition coefficient (Wildman–Crippen LogP) is 2.32. The second-order valence-corrected chi connectivity index (χ2v) is 7.99. The third-order valence-corrected chi connectivity index (χ3v) is 5.58. The van der Waals surface area contributed by atoms with Crippen LogP contribution in [-0.4, -0.2) is 39.7 Å². The highest BCUT2D eigenvalue weighted by Crippen LogP contribution is 2.19. The first-order chi connectivity index (χ1) is 11.0. The number of pyridine rings is 1. The SMILES string of the molecule is O=S(=O)(Nc1ccc(N2CCOCC2)nc1)c1ccc(I)cc1. The van der Waals surface area contributed by atoms with Gasteiger partial charge in [0.25, 0.3) is 10.0 Å². The number of benzene rings is 1. The number of aromatic nitrogens is 1. The first-order valence-corrected chi connectivity index (χ1v) is 9.68. The second kappa shape index (κ2) is 7.02. The first kappa shape index (κ1) is 16.5. The van der Waals surface area contributed by atoms with Crippen molar-refractivity contribution in [2.75, 3.05) is 35.9 Å². The van der Waals surface area contributed by atoms with E-state index in [2.05, 4.69) is 37.2 Å². The van der Waals surface area contributed by atoms with E-state index >= 15 is 0 Å². The normalized spacial score (nSPS) is 15.4. The topological polar surface area (TPSA) is 71.5 Å². The molecule has 8 heteroatoms. The highest BCUT2D eigenvalue weighted by atomic mass is 127. The number of ether oxygens (including phenoxy) is 1. The highest BCUT2D eigenvalue weighted by Gasteiger charge is 2.15. The van der Waals surface area contributed by atoms with Crippen LogP contribution in [0.2, 0.25) is 0 Å². The minimum atomic E-state index is -3.59. The van der Waals surface area contributed by atoms with Crippen LogP contribution >= 0.6 is 22.6 Å². The molecule has 23 heavy (non-hydrogen) atoms. The lowest BCUT2D eigenvalue weighted by atomic mass is 10.3. The summed E-state index contributed by atoms with van der Waals surface area (Å²) in [5.41, 5.74) is 0.445. The number of hydrogen-bond donors (Lipinski definition) is 1. The van der Waals surface area contributed by atoms with Crippen molar-refractivity contribution in [3.05, 3.63) is 46.2 Å². The highest BCUT2D eigenvalue weighted by molar-refractivity contribution is 14.1. The van der Waals surface area contributed by atoms with Crippen molar-refractivity contribution in [1.29, 1.82) is 0 Å². The average Bonchev–Trinajstić information content (AvgIpc) is 2.56. The second-order valence-electron chi connectivity index (χ2n) is 5.06. The molecule has 0 aliphatic carbocycles. The van der Waals surface area contributed by atoms with Gasteiger partial charge in [0.1, 0.15) is 5.82 Å². The maximum absolute atomic E-state index is 12.3. The summed E-state index contributed by atoms with van der Waals surface area (Å²) in [6.45, 7) is 2.95. The third-order valence-electron chi connectivity index (χ3n) is 3.46. The molecule has 1 fully saturated rings. The molecule has 122 valence electrons. The van der Waals surface area contributed by atoms with E-state index in [0.29, 0.717) is 18.9 Å². The molecule has 0 unspecified atom stereocenters. The predicted molar refractivity (Wildman–Crippen MR) is 97.2 cm³/mol. The maximum Gasteiger partial charge on any atom is 0.261 e. The van der Waals surface area contributed by atoms with Crippen LogP contribution in [0.1, 0.15) is 0 Å². The van der Waals surface area contributed by atoms with E-state index in [1.807, 2.05) is 6.07 Å². The van der Waals surface area contributed by atoms with Gasteiger partial charge in [0.05, 0.1) is 30.0 Å². The molecule has 2 aromatic rings. The molecular weight excluding hydrogens is 429 g/mol. The van der Waals surface area contributed by atoms with E-state index in [4.69, 9.17) is 4.74 Å². The number of anilines is 2. The number of sulfonamides is 1. The molecule has 0 atom stereocenters. The largest absolute Gasteiger partial charge is 0.378 e. The van der Waals surface area contributed by atoms with Gasteiger partial charge in [0.15, 0.2) is 0 Å². The Morgan fingerprint density at radius 2 is 1.78 bits per heavy atom. The molecule has 0 amide bonds. The van der Waals surface area contributed by atoms with Crippen molar-refractivity contribution in [1.82, 2.24) is 4.98 Å². The zero-order valence-corrected chi connectivity index (χ0v) is 15.2.